The molecule has 1 unspecified atom stereocenters. The first kappa shape index (κ1) is 33.5. The smallest absolute Gasteiger partial charge is 0.143 e. The lowest BCUT2D eigenvalue weighted by molar-refractivity contribution is 0.668. The lowest BCUT2D eigenvalue weighted by Gasteiger charge is -2.33. The highest BCUT2D eigenvalue weighted by Gasteiger charge is 2.21. The topological polar surface area (TPSA) is 29.5 Å². The number of hydrogen-bond acceptors (Lipinski definition) is 3. The number of allylic oxidation sites excluding steroid dienone is 2. The molecule has 1 aliphatic rings. The summed E-state index contributed by atoms with van der Waals surface area (Å²) < 4.78 is 13.1. The molecule has 2 aromatic heterocycles. The van der Waals surface area contributed by atoms with Gasteiger partial charge in [-0.05, 0) is 105 Å². The molecule has 9 aromatic carbocycles. The Hall–Kier alpha value is -7.62. The van der Waals surface area contributed by atoms with Crippen LogP contribution in [0, 0.1) is 0 Å². The Morgan fingerprint density at radius 1 is 0.390 bits per heavy atom. The Bertz CT molecular complexity index is 3470. The molecule has 0 N–H and O–H groups in total. The second-order valence-electron chi connectivity index (χ2n) is 15.6. The van der Waals surface area contributed by atoms with Gasteiger partial charge in [-0.15, -0.1) is 0 Å². The van der Waals surface area contributed by atoms with Gasteiger partial charge < -0.3 is 13.7 Å². The van der Waals surface area contributed by atoms with Crippen LogP contribution < -0.4 is 4.90 Å². The highest BCUT2D eigenvalue weighted by atomic mass is 16.3. The molecule has 0 amide bonds. The van der Waals surface area contributed by atoms with Crippen LogP contribution in [-0.4, -0.2) is 6.04 Å². The third kappa shape index (κ3) is 5.58. The van der Waals surface area contributed by atoms with E-state index in [9.17, 15) is 0 Å². The molecular weight excluding hydrogens is 719 g/mol. The van der Waals surface area contributed by atoms with Crippen LogP contribution in [0.5, 0.6) is 0 Å². The summed E-state index contributed by atoms with van der Waals surface area (Å²) in [4.78, 5) is 2.46. The van der Waals surface area contributed by atoms with E-state index in [2.05, 4.69) is 199 Å². The SMILES string of the molecule is C1=CCC(N(c2ccc(-c3ccc4ccccc4c3)cc2)c2ccc(-c3cc4c5cccc(-c6ccc7oc8ccccc8c7c6)c5oc4c4ccccc34)cc2)C=C1. The van der Waals surface area contributed by atoms with Crippen molar-refractivity contribution in [2.45, 2.75) is 12.5 Å². The molecule has 3 nitrogen and oxygen atoms in total. The summed E-state index contributed by atoms with van der Waals surface area (Å²) in [6.45, 7) is 0. The first-order valence-corrected chi connectivity index (χ1v) is 20.3. The standard InChI is InChI=1S/C56H37NO2/c1-2-13-42(14-3-1)57(43-28-23-37(24-29-43)40-22-21-36-11-4-5-12-39(36)33-40)44-30-25-38(26-31-44)50-35-52-49-19-10-18-45(55(49)59-56(52)48-17-7-6-15-46(48)50)41-27-32-54-51(34-41)47-16-8-9-20-53(47)58-54/h1-13,15-35,42H,14H2. The molecule has 0 radical (unpaired) electrons. The van der Waals surface area contributed by atoms with Gasteiger partial charge in [0.1, 0.15) is 22.3 Å². The number of anilines is 2. The van der Waals surface area contributed by atoms with Gasteiger partial charge in [0.25, 0.3) is 0 Å². The maximum absolute atomic E-state index is 6.90. The largest absolute Gasteiger partial charge is 0.456 e. The first-order valence-electron chi connectivity index (χ1n) is 20.3. The van der Waals surface area contributed by atoms with Crippen molar-refractivity contribution in [1.29, 1.82) is 0 Å². The molecule has 278 valence electrons. The van der Waals surface area contributed by atoms with E-state index < -0.39 is 0 Å². The molecule has 2 heterocycles. The van der Waals surface area contributed by atoms with Crippen molar-refractivity contribution in [1.82, 2.24) is 0 Å². The zero-order valence-electron chi connectivity index (χ0n) is 32.2. The summed E-state index contributed by atoms with van der Waals surface area (Å²) >= 11 is 0. The van der Waals surface area contributed by atoms with Crippen molar-refractivity contribution in [3.05, 3.63) is 206 Å². The summed E-state index contributed by atoms with van der Waals surface area (Å²) in [6, 6.07) is 65.7. The highest BCUT2D eigenvalue weighted by Crippen LogP contribution is 2.44. The predicted octanol–water partition coefficient (Wildman–Crippen LogP) is 15.8. The lowest BCUT2D eigenvalue weighted by Crippen LogP contribution is -2.29. The Balaban J connectivity index is 0.939. The van der Waals surface area contributed by atoms with Crippen LogP contribution in [0.25, 0.3) is 98.8 Å². The zero-order chi connectivity index (χ0) is 38.9. The third-order valence-electron chi connectivity index (χ3n) is 12.2. The second kappa shape index (κ2) is 13.5. The molecule has 1 atom stereocenters. The quantitative estimate of drug-likeness (QED) is 0.169. The fraction of sp³-hybridized carbons (Fsp3) is 0.0357. The molecule has 1 aliphatic carbocycles. The van der Waals surface area contributed by atoms with E-state index in [0.29, 0.717) is 0 Å². The minimum absolute atomic E-state index is 0.203. The normalized spacial score (nSPS) is 14.1. The van der Waals surface area contributed by atoms with Gasteiger partial charge in [-0.1, -0.05) is 152 Å². The van der Waals surface area contributed by atoms with Gasteiger partial charge in [0.05, 0.1) is 6.04 Å². The van der Waals surface area contributed by atoms with Gasteiger partial charge >= 0.3 is 0 Å². The Morgan fingerprint density at radius 2 is 1.05 bits per heavy atom. The van der Waals surface area contributed by atoms with Gasteiger partial charge in [-0.3, -0.25) is 0 Å². The maximum atomic E-state index is 6.90. The minimum atomic E-state index is 0.203. The van der Waals surface area contributed by atoms with Gasteiger partial charge in [-0.2, -0.15) is 0 Å². The average molecular weight is 756 g/mol. The number of para-hydroxylation sites is 2. The van der Waals surface area contributed by atoms with E-state index in [1.807, 2.05) is 12.1 Å². The Labute approximate surface area is 341 Å². The average Bonchev–Trinajstić information content (AvgIpc) is 3.88. The summed E-state index contributed by atoms with van der Waals surface area (Å²) in [7, 11) is 0. The summed E-state index contributed by atoms with van der Waals surface area (Å²) in [5.41, 5.74) is 12.9. The fourth-order valence-corrected chi connectivity index (χ4v) is 9.26. The second-order valence-corrected chi connectivity index (χ2v) is 15.6. The Morgan fingerprint density at radius 3 is 1.86 bits per heavy atom. The molecule has 11 aromatic rings. The van der Waals surface area contributed by atoms with Crippen LogP contribution in [0.3, 0.4) is 0 Å². The fourth-order valence-electron chi connectivity index (χ4n) is 9.26. The van der Waals surface area contributed by atoms with Crippen LogP contribution in [0.2, 0.25) is 0 Å². The van der Waals surface area contributed by atoms with Crippen molar-refractivity contribution in [3.8, 4) is 33.4 Å². The molecule has 0 spiro atoms. The van der Waals surface area contributed by atoms with E-state index in [0.717, 1.165) is 72.5 Å². The van der Waals surface area contributed by atoms with Crippen LogP contribution in [0.1, 0.15) is 6.42 Å². The number of nitrogens with zero attached hydrogens (tertiary/aromatic N) is 1. The number of rotatable bonds is 6. The van der Waals surface area contributed by atoms with Gasteiger partial charge in [0.2, 0.25) is 0 Å². The van der Waals surface area contributed by atoms with E-state index in [1.165, 1.54) is 44.1 Å². The van der Waals surface area contributed by atoms with Crippen molar-refractivity contribution in [2.75, 3.05) is 4.90 Å². The zero-order valence-corrected chi connectivity index (χ0v) is 32.2. The monoisotopic (exact) mass is 755 g/mol. The van der Waals surface area contributed by atoms with Gasteiger partial charge in [0.15, 0.2) is 0 Å². The lowest BCUT2D eigenvalue weighted by atomic mass is 9.94. The third-order valence-corrected chi connectivity index (χ3v) is 12.2. The molecule has 3 heteroatoms. The first-order chi connectivity index (χ1) is 29.2. The van der Waals surface area contributed by atoms with Gasteiger partial charge in [0, 0.05) is 43.9 Å². The highest BCUT2D eigenvalue weighted by molar-refractivity contribution is 6.21. The summed E-state index contributed by atoms with van der Waals surface area (Å²) in [6.07, 6.45) is 9.81. The van der Waals surface area contributed by atoms with Crippen LogP contribution in [-0.2, 0) is 0 Å². The van der Waals surface area contributed by atoms with E-state index in [4.69, 9.17) is 8.83 Å². The molecule has 0 saturated heterocycles. The van der Waals surface area contributed by atoms with Crippen molar-refractivity contribution < 1.29 is 8.83 Å². The van der Waals surface area contributed by atoms with Crippen molar-refractivity contribution in [3.63, 3.8) is 0 Å². The molecule has 0 bridgehead atoms. The molecule has 12 rings (SSSR count). The number of furan rings is 2. The van der Waals surface area contributed by atoms with Crippen LogP contribution >= 0.6 is 0 Å². The molecule has 0 saturated carbocycles. The number of benzene rings is 9. The molecule has 0 fully saturated rings. The van der Waals surface area contributed by atoms with E-state index in [1.54, 1.807) is 0 Å². The van der Waals surface area contributed by atoms with E-state index in [-0.39, 0.29) is 6.04 Å². The molecule has 59 heavy (non-hydrogen) atoms. The maximum Gasteiger partial charge on any atom is 0.143 e. The van der Waals surface area contributed by atoms with Crippen molar-refractivity contribution in [2.24, 2.45) is 0 Å². The Kier molecular flexibility index (Phi) is 7.67. The summed E-state index contributed by atoms with van der Waals surface area (Å²) in [5, 5.41) is 9.23. The van der Waals surface area contributed by atoms with Gasteiger partial charge in [-0.25, -0.2) is 0 Å². The van der Waals surface area contributed by atoms with Crippen molar-refractivity contribution >= 4 is 76.8 Å². The molecular formula is C56H37NO2. The minimum Gasteiger partial charge on any atom is -0.456 e. The number of fused-ring (bicyclic) bond motifs is 9. The molecule has 0 aliphatic heterocycles. The van der Waals surface area contributed by atoms with Crippen LogP contribution in [0.15, 0.2) is 215 Å². The predicted molar refractivity (Wildman–Crippen MR) is 248 cm³/mol. The van der Waals surface area contributed by atoms with Crippen LogP contribution in [0.4, 0.5) is 11.4 Å². The van der Waals surface area contributed by atoms with E-state index >= 15 is 0 Å². The number of hydrogen-bond donors (Lipinski definition) is 0. The summed E-state index contributed by atoms with van der Waals surface area (Å²) in [5.74, 6) is 0.